The molecule has 0 unspecified atom stereocenters. The lowest BCUT2D eigenvalue weighted by atomic mass is 10.2. The molecule has 2 aromatic carbocycles. The third kappa shape index (κ3) is 3.81. The van der Waals surface area contributed by atoms with Gasteiger partial charge in [-0.1, -0.05) is 30.3 Å². The maximum atomic E-state index is 11.8. The fraction of sp³-hybridized carbons (Fsp3) is 0.200. The summed E-state index contributed by atoms with van der Waals surface area (Å²) in [5.41, 5.74) is 7.06. The zero-order chi connectivity index (χ0) is 15.3. The number of primary sulfonamides is 1. The molecule has 2 rings (SSSR count). The Balaban J connectivity index is 2.52. The summed E-state index contributed by atoms with van der Waals surface area (Å²) in [5, 5.41) is 5.32. The highest BCUT2D eigenvalue weighted by atomic mass is 32.2. The van der Waals surface area contributed by atoms with Gasteiger partial charge in [-0.25, -0.2) is 13.6 Å². The van der Waals surface area contributed by atoms with Gasteiger partial charge < -0.3 is 10.6 Å². The number of para-hydroxylation sites is 2. The minimum atomic E-state index is -3.78. The van der Waals surface area contributed by atoms with Crippen LogP contribution in [0, 0.1) is 0 Å². The van der Waals surface area contributed by atoms with Gasteiger partial charge in [-0.2, -0.15) is 0 Å². The number of hydrogen-bond donors (Lipinski definition) is 2. The number of sulfonamides is 1. The smallest absolute Gasteiger partial charge is 0.240 e. The minimum absolute atomic E-state index is 0.117. The summed E-state index contributed by atoms with van der Waals surface area (Å²) in [6.07, 6.45) is 0.744. The molecule has 0 amide bonds. The Labute approximate surface area is 125 Å². The van der Waals surface area contributed by atoms with Crippen molar-refractivity contribution >= 4 is 21.4 Å². The molecule has 21 heavy (non-hydrogen) atoms. The van der Waals surface area contributed by atoms with Crippen molar-refractivity contribution in [3.8, 4) is 0 Å². The largest absolute Gasteiger partial charge is 0.340 e. The molecule has 0 radical (unpaired) electrons. The molecule has 0 fully saturated rings. The quantitative estimate of drug-likeness (QED) is 0.852. The molecule has 112 valence electrons. The topological polar surface area (TPSA) is 89.4 Å². The predicted octanol–water partition coefficient (Wildman–Crippen LogP) is 1.82. The Morgan fingerprint density at radius 1 is 0.952 bits per heavy atom. The summed E-state index contributed by atoms with van der Waals surface area (Å²) in [5.74, 6) is 0. The van der Waals surface area contributed by atoms with Crippen molar-refractivity contribution in [2.45, 2.75) is 11.3 Å². The van der Waals surface area contributed by atoms with Crippen LogP contribution in [0.5, 0.6) is 0 Å². The molecule has 0 atom stereocenters. The number of benzene rings is 2. The SMILES string of the molecule is NCCCN(c1ccccc1)c1ccccc1S(N)(=O)=O. The van der Waals surface area contributed by atoms with E-state index in [0.29, 0.717) is 18.8 Å². The van der Waals surface area contributed by atoms with Gasteiger partial charge in [-0.3, -0.25) is 0 Å². The fourth-order valence-corrected chi connectivity index (χ4v) is 2.90. The van der Waals surface area contributed by atoms with E-state index in [1.807, 2.05) is 35.2 Å². The fourth-order valence-electron chi connectivity index (χ4n) is 2.17. The number of anilines is 2. The summed E-state index contributed by atoms with van der Waals surface area (Å²) < 4.78 is 23.6. The second kappa shape index (κ2) is 6.71. The molecule has 0 aliphatic carbocycles. The van der Waals surface area contributed by atoms with Gasteiger partial charge in [0.1, 0.15) is 4.90 Å². The highest BCUT2D eigenvalue weighted by Gasteiger charge is 2.19. The van der Waals surface area contributed by atoms with Crippen LogP contribution in [-0.2, 0) is 10.0 Å². The molecular formula is C15H19N3O2S. The van der Waals surface area contributed by atoms with Crippen molar-refractivity contribution in [3.05, 3.63) is 54.6 Å². The Bertz CT molecular complexity index is 687. The third-order valence-corrected chi connectivity index (χ3v) is 4.07. The first-order valence-electron chi connectivity index (χ1n) is 6.68. The number of nitrogens with two attached hydrogens (primary N) is 2. The first kappa shape index (κ1) is 15.5. The Kier molecular flexibility index (Phi) is 4.95. The van der Waals surface area contributed by atoms with E-state index >= 15 is 0 Å². The minimum Gasteiger partial charge on any atom is -0.340 e. The average molecular weight is 305 g/mol. The number of hydrogen-bond acceptors (Lipinski definition) is 4. The van der Waals surface area contributed by atoms with E-state index in [4.69, 9.17) is 10.9 Å². The van der Waals surface area contributed by atoms with Crippen LogP contribution in [-0.4, -0.2) is 21.5 Å². The van der Waals surface area contributed by atoms with E-state index < -0.39 is 10.0 Å². The molecule has 2 aromatic rings. The number of rotatable bonds is 6. The molecule has 5 nitrogen and oxygen atoms in total. The molecule has 0 saturated carbocycles. The van der Waals surface area contributed by atoms with Gasteiger partial charge in [0.25, 0.3) is 0 Å². The van der Waals surface area contributed by atoms with Crippen LogP contribution < -0.4 is 15.8 Å². The lowest BCUT2D eigenvalue weighted by molar-refractivity contribution is 0.597. The Morgan fingerprint density at radius 3 is 2.19 bits per heavy atom. The van der Waals surface area contributed by atoms with Crippen LogP contribution in [0.15, 0.2) is 59.5 Å². The molecule has 6 heteroatoms. The van der Waals surface area contributed by atoms with Crippen LogP contribution >= 0.6 is 0 Å². The summed E-state index contributed by atoms with van der Waals surface area (Å²) in [6.45, 7) is 1.15. The lowest BCUT2D eigenvalue weighted by Crippen LogP contribution is -2.24. The van der Waals surface area contributed by atoms with Crippen LogP contribution in [0.2, 0.25) is 0 Å². The van der Waals surface area contributed by atoms with Crippen LogP contribution in [0.4, 0.5) is 11.4 Å². The predicted molar refractivity (Wildman–Crippen MR) is 84.9 cm³/mol. The standard InChI is InChI=1S/C15H19N3O2S/c16-11-6-12-18(13-7-2-1-3-8-13)14-9-4-5-10-15(14)21(17,19)20/h1-5,7-10H,6,11-12,16H2,(H2,17,19,20). The second-order valence-electron chi connectivity index (χ2n) is 4.64. The Morgan fingerprint density at radius 2 is 1.57 bits per heavy atom. The van der Waals surface area contributed by atoms with Gasteiger partial charge >= 0.3 is 0 Å². The maximum Gasteiger partial charge on any atom is 0.240 e. The molecule has 0 saturated heterocycles. The van der Waals surface area contributed by atoms with Gasteiger partial charge in [0.05, 0.1) is 5.69 Å². The molecular weight excluding hydrogens is 286 g/mol. The Hall–Kier alpha value is -1.89. The van der Waals surface area contributed by atoms with Gasteiger partial charge in [0, 0.05) is 12.2 Å². The van der Waals surface area contributed by atoms with Gasteiger partial charge in [0.15, 0.2) is 0 Å². The summed E-state index contributed by atoms with van der Waals surface area (Å²) in [7, 11) is -3.78. The van der Waals surface area contributed by atoms with Crippen LogP contribution in [0.25, 0.3) is 0 Å². The van der Waals surface area contributed by atoms with Gasteiger partial charge in [-0.15, -0.1) is 0 Å². The van der Waals surface area contributed by atoms with Crippen molar-refractivity contribution in [3.63, 3.8) is 0 Å². The van der Waals surface area contributed by atoms with Crippen molar-refractivity contribution < 1.29 is 8.42 Å². The normalized spacial score (nSPS) is 11.3. The van der Waals surface area contributed by atoms with Gasteiger partial charge in [-0.05, 0) is 37.2 Å². The van der Waals surface area contributed by atoms with Gasteiger partial charge in [0.2, 0.25) is 10.0 Å². The number of nitrogens with zero attached hydrogens (tertiary/aromatic N) is 1. The molecule has 0 heterocycles. The molecule has 0 aliphatic rings. The second-order valence-corrected chi connectivity index (χ2v) is 6.17. The lowest BCUT2D eigenvalue weighted by Gasteiger charge is -2.26. The molecule has 0 aliphatic heterocycles. The zero-order valence-corrected chi connectivity index (χ0v) is 12.5. The van der Waals surface area contributed by atoms with Crippen molar-refractivity contribution in [2.75, 3.05) is 18.0 Å². The maximum absolute atomic E-state index is 11.8. The van der Waals surface area contributed by atoms with E-state index in [-0.39, 0.29) is 4.90 Å². The van der Waals surface area contributed by atoms with Crippen LogP contribution in [0.1, 0.15) is 6.42 Å². The average Bonchev–Trinajstić information content (AvgIpc) is 2.48. The molecule has 4 N–H and O–H groups in total. The zero-order valence-electron chi connectivity index (χ0n) is 11.6. The van der Waals surface area contributed by atoms with E-state index in [2.05, 4.69) is 0 Å². The van der Waals surface area contributed by atoms with Crippen LogP contribution in [0.3, 0.4) is 0 Å². The highest BCUT2D eigenvalue weighted by molar-refractivity contribution is 7.89. The molecule has 0 bridgehead atoms. The molecule has 0 aromatic heterocycles. The highest BCUT2D eigenvalue weighted by Crippen LogP contribution is 2.30. The van der Waals surface area contributed by atoms with Crippen molar-refractivity contribution in [1.82, 2.24) is 0 Å². The summed E-state index contributed by atoms with van der Waals surface area (Å²) in [6, 6.07) is 16.3. The summed E-state index contributed by atoms with van der Waals surface area (Å²) >= 11 is 0. The van der Waals surface area contributed by atoms with E-state index in [9.17, 15) is 8.42 Å². The summed E-state index contributed by atoms with van der Waals surface area (Å²) in [4.78, 5) is 2.04. The van der Waals surface area contributed by atoms with Crippen molar-refractivity contribution in [1.29, 1.82) is 0 Å². The first-order valence-corrected chi connectivity index (χ1v) is 8.23. The molecule has 0 spiro atoms. The van der Waals surface area contributed by atoms with E-state index in [1.54, 1.807) is 18.2 Å². The van der Waals surface area contributed by atoms with E-state index in [1.165, 1.54) is 6.07 Å². The third-order valence-electron chi connectivity index (χ3n) is 3.12. The van der Waals surface area contributed by atoms with Crippen molar-refractivity contribution in [2.24, 2.45) is 10.9 Å². The van der Waals surface area contributed by atoms with E-state index in [0.717, 1.165) is 12.1 Å². The monoisotopic (exact) mass is 305 g/mol. The first-order chi connectivity index (χ1) is 10.0.